The summed E-state index contributed by atoms with van der Waals surface area (Å²) < 4.78 is 68.1. The fourth-order valence-corrected chi connectivity index (χ4v) is 3.25. The van der Waals surface area contributed by atoms with E-state index in [1.807, 2.05) is 0 Å². The smallest absolute Gasteiger partial charge is 0.379 e. The molecule has 0 saturated carbocycles. The largest absolute Gasteiger partial charge is 0.409 e. The van der Waals surface area contributed by atoms with E-state index in [0.717, 1.165) is 0 Å². The maximum Gasteiger partial charge on any atom is 0.409 e. The van der Waals surface area contributed by atoms with Gasteiger partial charge in [0.15, 0.2) is 5.54 Å². The molecule has 0 radical (unpaired) electrons. The van der Waals surface area contributed by atoms with Crippen LogP contribution in [0.15, 0.2) is 0 Å². The summed E-state index contributed by atoms with van der Waals surface area (Å²) in [6, 6.07) is 0. The number of unbranched alkanes of at least 4 members (excludes halogenated alkanes) is 1. The second kappa shape index (κ2) is 5.11. The minimum atomic E-state index is -4.64. The van der Waals surface area contributed by atoms with Gasteiger partial charge in [0.1, 0.15) is 0 Å². The van der Waals surface area contributed by atoms with Crippen molar-refractivity contribution in [3.05, 3.63) is 0 Å². The molecule has 0 bridgehead atoms. The molecule has 4 nitrogen and oxygen atoms in total. The van der Waals surface area contributed by atoms with Crippen LogP contribution in [0, 0.1) is 0 Å². The van der Waals surface area contributed by atoms with Crippen LogP contribution in [0.1, 0.15) is 26.2 Å². The van der Waals surface area contributed by atoms with Gasteiger partial charge in [0.05, 0.1) is 12.4 Å². The molecule has 1 rings (SSSR count). The lowest BCUT2D eigenvalue weighted by molar-refractivity contribution is -0.189. The molecule has 1 heterocycles. The van der Waals surface area contributed by atoms with Crippen LogP contribution in [0.2, 0.25) is 0 Å². The molecule has 0 amide bonds. The van der Waals surface area contributed by atoms with Crippen LogP contribution < -0.4 is 4.72 Å². The lowest BCUT2D eigenvalue weighted by Crippen LogP contribution is -2.59. The van der Waals surface area contributed by atoms with Crippen molar-refractivity contribution < 1.29 is 26.3 Å². The monoisotopic (exact) mass is 275 g/mol. The molecule has 1 saturated heterocycles. The quantitative estimate of drug-likeness (QED) is 0.825. The Labute approximate surface area is 98.6 Å². The molecule has 1 aliphatic rings. The van der Waals surface area contributed by atoms with Crippen molar-refractivity contribution in [2.45, 2.75) is 37.9 Å². The number of nitrogens with one attached hydrogen (secondary N) is 1. The van der Waals surface area contributed by atoms with Crippen molar-refractivity contribution >= 4 is 10.0 Å². The van der Waals surface area contributed by atoms with Crippen LogP contribution in [0.5, 0.6) is 0 Å². The van der Waals surface area contributed by atoms with Crippen LogP contribution in [0.25, 0.3) is 0 Å². The first-order chi connectivity index (χ1) is 7.72. The van der Waals surface area contributed by atoms with E-state index in [9.17, 15) is 21.6 Å². The van der Waals surface area contributed by atoms with Gasteiger partial charge in [-0.1, -0.05) is 13.3 Å². The van der Waals surface area contributed by atoms with Crippen molar-refractivity contribution in [2.24, 2.45) is 0 Å². The van der Waals surface area contributed by atoms with E-state index in [2.05, 4.69) is 0 Å². The van der Waals surface area contributed by atoms with Gasteiger partial charge in [0.25, 0.3) is 0 Å². The van der Waals surface area contributed by atoms with Crippen LogP contribution in [-0.2, 0) is 14.8 Å². The second-order valence-electron chi connectivity index (χ2n) is 4.16. The zero-order valence-corrected chi connectivity index (χ0v) is 10.3. The van der Waals surface area contributed by atoms with E-state index in [0.29, 0.717) is 12.8 Å². The van der Waals surface area contributed by atoms with Crippen molar-refractivity contribution in [2.75, 3.05) is 19.0 Å². The van der Waals surface area contributed by atoms with Crippen LogP contribution in [0.4, 0.5) is 13.2 Å². The molecule has 1 atom stereocenters. The summed E-state index contributed by atoms with van der Waals surface area (Å²) in [7, 11) is -3.92. The summed E-state index contributed by atoms with van der Waals surface area (Å²) in [6.07, 6.45) is -4.06. The summed E-state index contributed by atoms with van der Waals surface area (Å²) in [6.45, 7) is 1.03. The van der Waals surface area contributed by atoms with E-state index < -0.39 is 28.3 Å². The Morgan fingerprint density at radius 3 is 2.47 bits per heavy atom. The Morgan fingerprint density at radius 1 is 1.41 bits per heavy atom. The minimum absolute atomic E-state index is 0.0875. The first kappa shape index (κ1) is 14.7. The average Bonchev–Trinajstić information content (AvgIpc) is 2.63. The second-order valence-corrected chi connectivity index (χ2v) is 6.00. The predicted octanol–water partition coefficient (Wildman–Crippen LogP) is 1.43. The van der Waals surface area contributed by atoms with Gasteiger partial charge < -0.3 is 4.74 Å². The first-order valence-corrected chi connectivity index (χ1v) is 7.04. The highest BCUT2D eigenvalue weighted by Crippen LogP contribution is 2.37. The SMILES string of the molecule is CCCCS(=O)(=O)N[C@@]1(C(F)(F)F)CCOC1. The van der Waals surface area contributed by atoms with Gasteiger partial charge >= 0.3 is 6.18 Å². The molecule has 0 aromatic carbocycles. The number of alkyl halides is 3. The van der Waals surface area contributed by atoms with Gasteiger partial charge in [-0.15, -0.1) is 0 Å². The Hall–Kier alpha value is -0.340. The molecule has 102 valence electrons. The highest BCUT2D eigenvalue weighted by molar-refractivity contribution is 7.89. The van der Waals surface area contributed by atoms with E-state index in [-0.39, 0.29) is 18.8 Å². The minimum Gasteiger partial charge on any atom is -0.379 e. The van der Waals surface area contributed by atoms with Gasteiger partial charge in [-0.3, -0.25) is 0 Å². The predicted molar refractivity (Wildman–Crippen MR) is 56.1 cm³/mol. The van der Waals surface area contributed by atoms with Crippen LogP contribution in [-0.4, -0.2) is 39.1 Å². The third-order valence-corrected chi connectivity index (χ3v) is 4.21. The van der Waals surface area contributed by atoms with E-state index in [1.54, 1.807) is 11.6 Å². The number of sulfonamides is 1. The number of hydrogen-bond acceptors (Lipinski definition) is 3. The van der Waals surface area contributed by atoms with Crippen LogP contribution >= 0.6 is 0 Å². The molecule has 1 fully saturated rings. The third kappa shape index (κ3) is 3.56. The average molecular weight is 275 g/mol. The molecular formula is C9H16F3NO3S. The molecule has 0 aromatic heterocycles. The van der Waals surface area contributed by atoms with E-state index in [1.165, 1.54) is 0 Å². The van der Waals surface area contributed by atoms with E-state index in [4.69, 9.17) is 4.74 Å². The molecule has 0 aromatic rings. The first-order valence-electron chi connectivity index (χ1n) is 5.38. The highest BCUT2D eigenvalue weighted by atomic mass is 32.2. The van der Waals surface area contributed by atoms with Gasteiger partial charge in [-0.25, -0.2) is 8.42 Å². The third-order valence-electron chi connectivity index (χ3n) is 2.68. The number of rotatable bonds is 5. The normalized spacial score (nSPS) is 26.4. The Balaban J connectivity index is 2.81. The lowest BCUT2D eigenvalue weighted by atomic mass is 10.0. The maximum absolute atomic E-state index is 12.9. The molecule has 17 heavy (non-hydrogen) atoms. The van der Waals surface area contributed by atoms with Gasteiger partial charge in [-0.2, -0.15) is 17.9 Å². The van der Waals surface area contributed by atoms with Gasteiger partial charge in [0.2, 0.25) is 10.0 Å². The maximum atomic E-state index is 12.9. The fraction of sp³-hybridized carbons (Fsp3) is 1.00. The molecular weight excluding hydrogens is 259 g/mol. The summed E-state index contributed by atoms with van der Waals surface area (Å²) in [5.41, 5.74) is -2.44. The molecule has 0 spiro atoms. The molecule has 1 aliphatic heterocycles. The molecule has 0 aliphatic carbocycles. The number of hydrogen-bond donors (Lipinski definition) is 1. The zero-order valence-electron chi connectivity index (χ0n) is 9.51. The van der Waals surface area contributed by atoms with Crippen LogP contribution in [0.3, 0.4) is 0 Å². The molecule has 8 heteroatoms. The highest BCUT2D eigenvalue weighted by Gasteiger charge is 2.58. The van der Waals surface area contributed by atoms with E-state index >= 15 is 0 Å². The van der Waals surface area contributed by atoms with Crippen molar-refractivity contribution in [3.8, 4) is 0 Å². The standard InChI is InChI=1S/C9H16F3NO3S/c1-2-3-6-17(14,15)13-8(9(10,11)12)4-5-16-7-8/h13H,2-7H2,1H3/t8-/m0/s1. The van der Waals surface area contributed by atoms with Gasteiger partial charge in [-0.05, 0) is 6.42 Å². The Kier molecular flexibility index (Phi) is 4.43. The van der Waals surface area contributed by atoms with Gasteiger partial charge in [0, 0.05) is 13.0 Å². The Morgan fingerprint density at radius 2 is 2.06 bits per heavy atom. The Bertz CT molecular complexity index is 347. The summed E-state index contributed by atoms with van der Waals surface area (Å²) in [4.78, 5) is 0. The number of ether oxygens (including phenoxy) is 1. The number of halogens is 3. The fourth-order valence-electron chi connectivity index (χ4n) is 1.61. The molecule has 0 unspecified atom stereocenters. The zero-order chi connectivity index (χ0) is 13.2. The van der Waals surface area contributed by atoms with Crippen molar-refractivity contribution in [1.29, 1.82) is 0 Å². The lowest BCUT2D eigenvalue weighted by Gasteiger charge is -2.30. The summed E-state index contributed by atoms with van der Waals surface area (Å²) in [5, 5.41) is 0. The molecule has 1 N–H and O–H groups in total. The topological polar surface area (TPSA) is 55.4 Å². The van der Waals surface area contributed by atoms with Crippen molar-refractivity contribution in [3.63, 3.8) is 0 Å². The van der Waals surface area contributed by atoms with Crippen molar-refractivity contribution in [1.82, 2.24) is 4.72 Å². The summed E-state index contributed by atoms with van der Waals surface area (Å²) >= 11 is 0. The summed E-state index contributed by atoms with van der Waals surface area (Å²) in [5.74, 6) is -0.290.